The summed E-state index contributed by atoms with van der Waals surface area (Å²) in [5.74, 6) is -7.43. The van der Waals surface area contributed by atoms with E-state index in [4.69, 9.17) is 5.73 Å². The zero-order valence-corrected chi connectivity index (χ0v) is 27.1. The van der Waals surface area contributed by atoms with Gasteiger partial charge in [0.1, 0.15) is 17.1 Å². The van der Waals surface area contributed by atoms with E-state index in [1.165, 1.54) is 4.90 Å². The van der Waals surface area contributed by atoms with Crippen molar-refractivity contribution in [3.05, 3.63) is 39.9 Å². The predicted molar refractivity (Wildman–Crippen MR) is 169 cm³/mol. The highest BCUT2D eigenvalue weighted by molar-refractivity contribution is 6.25. The Balaban J connectivity index is 0.00000337. The second-order valence-electron chi connectivity index (χ2n) is 12.1. The number of amides is 2. The van der Waals surface area contributed by atoms with E-state index in [0.717, 1.165) is 0 Å². The monoisotopic (exact) mass is 657 g/mol. The highest BCUT2D eigenvalue weighted by atomic mass is 35.5. The van der Waals surface area contributed by atoms with E-state index in [0.29, 0.717) is 23.7 Å². The summed E-state index contributed by atoms with van der Waals surface area (Å²) in [5.41, 5.74) is 2.34. The van der Waals surface area contributed by atoms with Gasteiger partial charge in [0.2, 0.25) is 11.7 Å². The van der Waals surface area contributed by atoms with E-state index in [-0.39, 0.29) is 61.0 Å². The first kappa shape index (κ1) is 36.8. The zero-order chi connectivity index (χ0) is 31.4. The number of phenols is 1. The topological polar surface area (TPSA) is 206 Å². The molecule has 0 aliphatic heterocycles. The van der Waals surface area contributed by atoms with Gasteiger partial charge in [-0.05, 0) is 56.9 Å². The number of nitrogens with two attached hydrogens (primary N) is 1. The quantitative estimate of drug-likeness (QED) is 0.156. The molecule has 244 valence electrons. The van der Waals surface area contributed by atoms with E-state index in [1.807, 2.05) is 13.8 Å². The molecule has 3 aliphatic rings. The van der Waals surface area contributed by atoms with Crippen molar-refractivity contribution in [1.29, 1.82) is 0 Å². The molecule has 1 aromatic rings. The molecule has 2 amide bonds. The van der Waals surface area contributed by atoms with Gasteiger partial charge < -0.3 is 41.7 Å². The van der Waals surface area contributed by atoms with Crippen molar-refractivity contribution in [1.82, 2.24) is 10.2 Å². The van der Waals surface area contributed by atoms with Crippen molar-refractivity contribution >= 4 is 59.6 Å². The second kappa shape index (κ2) is 13.3. The van der Waals surface area contributed by atoms with Gasteiger partial charge in [0.05, 0.1) is 23.8 Å². The molecule has 0 saturated carbocycles. The molecule has 4 atom stereocenters. The van der Waals surface area contributed by atoms with Crippen molar-refractivity contribution in [2.24, 2.45) is 23.5 Å². The van der Waals surface area contributed by atoms with E-state index in [2.05, 4.69) is 10.6 Å². The SMILES string of the molecule is CC(C)CNCC(=O)Nc1cc(N(C)C)c2c(c1O)C(=O)C1=C(O)C3(O)C(=O)C(C(N)=O)=C(O)[C@@H](N(C)C)C3CC1C2.Cl.Cl. The van der Waals surface area contributed by atoms with Gasteiger partial charge in [-0.25, -0.2) is 0 Å². The lowest BCUT2D eigenvalue weighted by Crippen LogP contribution is -2.63. The molecule has 4 rings (SSSR count). The largest absolute Gasteiger partial charge is 0.510 e. The van der Waals surface area contributed by atoms with Crippen molar-refractivity contribution < 1.29 is 39.6 Å². The maximum absolute atomic E-state index is 14.1. The van der Waals surface area contributed by atoms with Crippen LogP contribution in [0.1, 0.15) is 36.2 Å². The number of aliphatic hydroxyl groups is 3. The van der Waals surface area contributed by atoms with Gasteiger partial charge in [0, 0.05) is 31.3 Å². The molecule has 0 aromatic heterocycles. The molecule has 0 spiro atoms. The Morgan fingerprint density at radius 2 is 1.73 bits per heavy atom. The summed E-state index contributed by atoms with van der Waals surface area (Å²) in [5, 5.41) is 51.0. The van der Waals surface area contributed by atoms with Gasteiger partial charge in [-0.15, -0.1) is 24.8 Å². The molecule has 13 nitrogen and oxygen atoms in total. The van der Waals surface area contributed by atoms with Crippen LogP contribution in [0.4, 0.5) is 11.4 Å². The highest BCUT2D eigenvalue weighted by Crippen LogP contribution is 2.53. The number of ketones is 2. The number of benzene rings is 1. The molecule has 0 saturated heterocycles. The lowest BCUT2D eigenvalue weighted by Gasteiger charge is -2.50. The first-order valence-corrected chi connectivity index (χ1v) is 13.7. The molecule has 3 unspecified atom stereocenters. The maximum atomic E-state index is 14.1. The number of nitrogens with zero attached hydrogens (tertiary/aromatic N) is 2. The summed E-state index contributed by atoms with van der Waals surface area (Å²) in [6.07, 6.45) is 0.124. The molecule has 0 fully saturated rings. The summed E-state index contributed by atoms with van der Waals surface area (Å²) in [4.78, 5) is 55.5. The minimum Gasteiger partial charge on any atom is -0.510 e. The highest BCUT2D eigenvalue weighted by Gasteiger charge is 2.63. The number of rotatable bonds is 8. The number of phenolic OH excluding ortho intramolecular Hbond substituents is 1. The average Bonchev–Trinajstić information content (AvgIpc) is 2.87. The number of fused-ring (bicyclic) bond motifs is 3. The molecular formula is C29H41Cl2N5O8. The molecule has 3 aliphatic carbocycles. The van der Waals surface area contributed by atoms with Crippen molar-refractivity contribution in [2.45, 2.75) is 38.3 Å². The fourth-order valence-electron chi connectivity index (χ4n) is 6.46. The molecule has 0 heterocycles. The van der Waals surface area contributed by atoms with Crippen LogP contribution in [0, 0.1) is 17.8 Å². The normalized spacial score (nSPS) is 24.2. The van der Waals surface area contributed by atoms with Gasteiger partial charge in [0.25, 0.3) is 5.91 Å². The van der Waals surface area contributed by atoms with Crippen LogP contribution in [0.25, 0.3) is 0 Å². The van der Waals surface area contributed by atoms with Crippen LogP contribution in [-0.2, 0) is 20.8 Å². The second-order valence-corrected chi connectivity index (χ2v) is 12.1. The Morgan fingerprint density at radius 3 is 2.25 bits per heavy atom. The molecule has 8 N–H and O–H groups in total. The van der Waals surface area contributed by atoms with Gasteiger partial charge in [-0.3, -0.25) is 24.1 Å². The standard InChI is InChI=1S/C29H39N5O8.2ClH/c1-12(2)10-31-11-18(35)32-16-9-17(33(3)4)14-7-13-8-15-22(34(5)6)25(38)21(28(30)41)27(40)29(15,42)26(39)19(13)24(37)20(14)23(16)36;;/h9,12-13,15,22,31,36,38-39,42H,7-8,10-11H2,1-6H3,(H2,30,41)(H,32,35);2*1H/t13?,15?,22-,29?;;/m0../s1. The number of primary amides is 1. The number of anilines is 2. The summed E-state index contributed by atoms with van der Waals surface area (Å²) in [7, 11) is 6.63. The van der Waals surface area contributed by atoms with Crippen LogP contribution in [-0.4, -0.2) is 102 Å². The van der Waals surface area contributed by atoms with E-state index < -0.39 is 69.7 Å². The van der Waals surface area contributed by atoms with Crippen LogP contribution in [0.5, 0.6) is 5.75 Å². The van der Waals surface area contributed by atoms with Crippen LogP contribution >= 0.6 is 24.8 Å². The number of carbonyl (C=O) groups excluding carboxylic acids is 4. The third-order valence-corrected chi connectivity index (χ3v) is 8.29. The Kier molecular flexibility index (Phi) is 11.2. The number of hydrogen-bond donors (Lipinski definition) is 7. The Labute approximate surface area is 268 Å². The minimum absolute atomic E-state index is 0. The Morgan fingerprint density at radius 1 is 1.11 bits per heavy atom. The molecular weight excluding hydrogens is 617 g/mol. The number of aliphatic hydroxyl groups excluding tert-OH is 2. The third-order valence-electron chi connectivity index (χ3n) is 8.29. The van der Waals surface area contributed by atoms with E-state index in [9.17, 15) is 39.6 Å². The number of carbonyl (C=O) groups is 4. The summed E-state index contributed by atoms with van der Waals surface area (Å²) < 4.78 is 0. The first-order chi connectivity index (χ1) is 19.5. The van der Waals surface area contributed by atoms with Crippen molar-refractivity contribution in [3.8, 4) is 5.75 Å². The Bertz CT molecular complexity index is 1440. The summed E-state index contributed by atoms with van der Waals surface area (Å²) in [6.45, 7) is 4.55. The first-order valence-electron chi connectivity index (χ1n) is 13.7. The van der Waals surface area contributed by atoms with Crippen LogP contribution in [0.15, 0.2) is 28.7 Å². The lowest BCUT2D eigenvalue weighted by atomic mass is 9.58. The lowest BCUT2D eigenvalue weighted by molar-refractivity contribution is -0.148. The van der Waals surface area contributed by atoms with Gasteiger partial charge >= 0.3 is 0 Å². The number of halogens is 2. The van der Waals surface area contributed by atoms with Crippen molar-refractivity contribution in [3.63, 3.8) is 0 Å². The fraction of sp³-hybridized carbons (Fsp3) is 0.517. The number of aromatic hydroxyl groups is 1. The maximum Gasteiger partial charge on any atom is 0.255 e. The zero-order valence-electron chi connectivity index (χ0n) is 25.4. The van der Waals surface area contributed by atoms with Gasteiger partial charge in [-0.2, -0.15) is 0 Å². The number of Topliss-reactive ketones (excluding diaryl/α,β-unsaturated/α-hetero) is 2. The van der Waals surface area contributed by atoms with Crippen LogP contribution < -0.4 is 21.3 Å². The van der Waals surface area contributed by atoms with Crippen LogP contribution in [0.2, 0.25) is 0 Å². The van der Waals surface area contributed by atoms with Crippen LogP contribution in [0.3, 0.4) is 0 Å². The van der Waals surface area contributed by atoms with Crippen molar-refractivity contribution in [2.75, 3.05) is 51.5 Å². The minimum atomic E-state index is -2.72. The molecule has 1 aromatic carbocycles. The van der Waals surface area contributed by atoms with Gasteiger partial charge in [-0.1, -0.05) is 13.8 Å². The molecule has 44 heavy (non-hydrogen) atoms. The van der Waals surface area contributed by atoms with E-state index in [1.54, 1.807) is 39.2 Å². The molecule has 0 radical (unpaired) electrons. The number of nitrogens with one attached hydrogen (secondary N) is 2. The smallest absolute Gasteiger partial charge is 0.255 e. The summed E-state index contributed by atoms with van der Waals surface area (Å²) >= 11 is 0. The average molecular weight is 659 g/mol. The molecule has 15 heteroatoms. The molecule has 0 bridgehead atoms. The third kappa shape index (κ3) is 5.86. The predicted octanol–water partition coefficient (Wildman–Crippen LogP) is 1.21. The number of hydrogen-bond acceptors (Lipinski definition) is 11. The Hall–Kier alpha value is -3.36. The fourth-order valence-corrected chi connectivity index (χ4v) is 6.46. The summed E-state index contributed by atoms with van der Waals surface area (Å²) in [6, 6.07) is 0.495. The number of allylic oxidation sites excluding steroid dienone is 1. The van der Waals surface area contributed by atoms with E-state index >= 15 is 0 Å². The number of likely N-dealkylation sites (N-methyl/N-ethyl adjacent to an activating group) is 1. The van der Waals surface area contributed by atoms with Gasteiger partial charge in [0.15, 0.2) is 17.1 Å².